The number of hydrogen-bond donors (Lipinski definition) is 0. The predicted molar refractivity (Wildman–Crippen MR) is 70.9 cm³/mol. The van der Waals surface area contributed by atoms with E-state index in [9.17, 15) is 0 Å². The van der Waals surface area contributed by atoms with Crippen LogP contribution in [0.25, 0.3) is 11.6 Å². The van der Waals surface area contributed by atoms with E-state index in [4.69, 9.17) is 20.8 Å². The summed E-state index contributed by atoms with van der Waals surface area (Å²) >= 11 is 12.5. The standard InChI is InChI=1S/C10H7Br2ClN2O2/c1-16-4-5-8(12)9(13)15-10(14-5)6-2-3-7(11)17-6/h2-3H,4H2,1H3. The summed E-state index contributed by atoms with van der Waals surface area (Å²) in [5.41, 5.74) is 0.676. The monoisotopic (exact) mass is 380 g/mol. The molecule has 2 aromatic rings. The van der Waals surface area contributed by atoms with Gasteiger partial charge in [-0.25, -0.2) is 9.97 Å². The van der Waals surface area contributed by atoms with Gasteiger partial charge in [0.1, 0.15) is 5.15 Å². The minimum absolute atomic E-state index is 0.328. The van der Waals surface area contributed by atoms with Gasteiger partial charge >= 0.3 is 0 Å². The van der Waals surface area contributed by atoms with E-state index in [0.29, 0.717) is 38.2 Å². The molecule has 0 aliphatic heterocycles. The van der Waals surface area contributed by atoms with E-state index in [-0.39, 0.29) is 0 Å². The van der Waals surface area contributed by atoms with Crippen molar-refractivity contribution in [2.75, 3.05) is 7.11 Å². The number of ether oxygens (including phenoxy) is 1. The minimum atomic E-state index is 0.328. The zero-order chi connectivity index (χ0) is 12.4. The molecule has 4 nitrogen and oxygen atoms in total. The minimum Gasteiger partial charge on any atom is -0.446 e. The van der Waals surface area contributed by atoms with Gasteiger partial charge in [0.2, 0.25) is 0 Å². The van der Waals surface area contributed by atoms with Gasteiger partial charge in [-0.1, -0.05) is 11.6 Å². The fourth-order valence-electron chi connectivity index (χ4n) is 1.24. The summed E-state index contributed by atoms with van der Waals surface area (Å²) in [6, 6.07) is 3.53. The summed E-state index contributed by atoms with van der Waals surface area (Å²) in [5.74, 6) is 0.972. The Morgan fingerprint density at radius 3 is 2.71 bits per heavy atom. The fourth-order valence-corrected chi connectivity index (χ4v) is 2.03. The maximum Gasteiger partial charge on any atom is 0.197 e. The van der Waals surface area contributed by atoms with Crippen molar-refractivity contribution < 1.29 is 9.15 Å². The molecular formula is C10H7Br2ClN2O2. The van der Waals surface area contributed by atoms with E-state index in [1.807, 2.05) is 0 Å². The molecule has 0 saturated carbocycles. The quantitative estimate of drug-likeness (QED) is 0.751. The Morgan fingerprint density at radius 1 is 1.35 bits per heavy atom. The van der Waals surface area contributed by atoms with Gasteiger partial charge in [0.25, 0.3) is 0 Å². The molecule has 0 aliphatic carbocycles. The predicted octanol–water partition coefficient (Wildman–Crippen LogP) is 4.06. The third kappa shape index (κ3) is 2.88. The van der Waals surface area contributed by atoms with Crippen LogP contribution in [0.1, 0.15) is 5.69 Å². The summed E-state index contributed by atoms with van der Waals surface area (Å²) in [4.78, 5) is 8.46. The Labute approximate surface area is 120 Å². The van der Waals surface area contributed by atoms with E-state index in [2.05, 4.69) is 41.8 Å². The van der Waals surface area contributed by atoms with Crippen LogP contribution in [0, 0.1) is 0 Å². The summed E-state index contributed by atoms with van der Waals surface area (Å²) in [7, 11) is 1.59. The zero-order valence-corrected chi connectivity index (χ0v) is 12.6. The second-order valence-corrected chi connectivity index (χ2v) is 5.07. The number of methoxy groups -OCH3 is 1. The van der Waals surface area contributed by atoms with Crippen molar-refractivity contribution in [1.29, 1.82) is 0 Å². The number of halogens is 3. The Bertz CT molecular complexity index is 545. The summed E-state index contributed by atoms with van der Waals surface area (Å²) in [6.07, 6.45) is 0. The molecule has 0 aliphatic rings. The number of furan rings is 1. The maximum absolute atomic E-state index is 6.00. The second kappa shape index (κ2) is 5.48. The lowest BCUT2D eigenvalue weighted by atomic mass is 10.3. The van der Waals surface area contributed by atoms with E-state index in [0.717, 1.165) is 0 Å². The van der Waals surface area contributed by atoms with Crippen LogP contribution in [0.4, 0.5) is 0 Å². The third-order valence-electron chi connectivity index (χ3n) is 1.95. The van der Waals surface area contributed by atoms with E-state index in [1.165, 1.54) is 0 Å². The largest absolute Gasteiger partial charge is 0.446 e. The van der Waals surface area contributed by atoms with Gasteiger partial charge in [-0.15, -0.1) is 0 Å². The van der Waals surface area contributed by atoms with Crippen molar-refractivity contribution in [3.63, 3.8) is 0 Å². The Kier molecular flexibility index (Phi) is 4.19. The number of aromatic nitrogens is 2. The molecule has 0 bridgehead atoms. The van der Waals surface area contributed by atoms with Crippen molar-refractivity contribution in [3.8, 4) is 11.6 Å². The van der Waals surface area contributed by atoms with Crippen LogP contribution < -0.4 is 0 Å². The van der Waals surface area contributed by atoms with Gasteiger partial charge in [0.15, 0.2) is 16.3 Å². The Balaban J connectivity index is 2.48. The molecule has 90 valence electrons. The van der Waals surface area contributed by atoms with Gasteiger partial charge in [-0.05, 0) is 44.0 Å². The van der Waals surface area contributed by atoms with E-state index < -0.39 is 0 Å². The van der Waals surface area contributed by atoms with Crippen molar-refractivity contribution in [1.82, 2.24) is 9.97 Å². The van der Waals surface area contributed by atoms with Crippen LogP contribution in [-0.4, -0.2) is 17.1 Å². The average Bonchev–Trinajstić information content (AvgIpc) is 2.71. The molecule has 0 unspecified atom stereocenters. The second-order valence-electron chi connectivity index (χ2n) is 3.14. The lowest BCUT2D eigenvalue weighted by molar-refractivity contribution is 0.181. The molecule has 2 rings (SSSR count). The van der Waals surface area contributed by atoms with Crippen LogP contribution in [0.15, 0.2) is 25.7 Å². The molecule has 7 heteroatoms. The SMILES string of the molecule is COCc1nc(-c2ccc(Br)o2)nc(Cl)c1Br. The van der Waals surface area contributed by atoms with E-state index >= 15 is 0 Å². The average molecular weight is 382 g/mol. The Morgan fingerprint density at radius 2 is 2.12 bits per heavy atom. The van der Waals surface area contributed by atoms with Crippen molar-refractivity contribution >= 4 is 43.5 Å². The molecule has 2 heterocycles. The van der Waals surface area contributed by atoms with Crippen LogP contribution >= 0.6 is 43.5 Å². The third-order valence-corrected chi connectivity index (χ3v) is 3.72. The molecular weight excluding hydrogens is 375 g/mol. The summed E-state index contributed by atoms with van der Waals surface area (Å²) < 4.78 is 11.7. The molecule has 0 atom stereocenters. The van der Waals surface area contributed by atoms with Crippen LogP contribution in [0.3, 0.4) is 0 Å². The first kappa shape index (κ1) is 13.0. The molecule has 0 radical (unpaired) electrons. The first-order valence-corrected chi connectivity index (χ1v) is 6.54. The highest BCUT2D eigenvalue weighted by Gasteiger charge is 2.14. The molecule has 0 N–H and O–H groups in total. The van der Waals surface area contributed by atoms with Crippen LogP contribution in [0.2, 0.25) is 5.15 Å². The van der Waals surface area contributed by atoms with Crippen molar-refractivity contribution in [3.05, 3.63) is 32.1 Å². The fraction of sp³-hybridized carbons (Fsp3) is 0.200. The van der Waals surface area contributed by atoms with E-state index in [1.54, 1.807) is 19.2 Å². The molecule has 17 heavy (non-hydrogen) atoms. The lowest BCUT2D eigenvalue weighted by Gasteiger charge is -2.05. The summed E-state index contributed by atoms with van der Waals surface area (Å²) in [5, 5.41) is 0.328. The topological polar surface area (TPSA) is 48.2 Å². The van der Waals surface area contributed by atoms with Gasteiger partial charge in [-0.2, -0.15) is 0 Å². The van der Waals surface area contributed by atoms with Gasteiger partial charge in [0.05, 0.1) is 16.8 Å². The highest BCUT2D eigenvalue weighted by molar-refractivity contribution is 9.10. The van der Waals surface area contributed by atoms with Gasteiger partial charge < -0.3 is 9.15 Å². The van der Waals surface area contributed by atoms with Crippen molar-refractivity contribution in [2.45, 2.75) is 6.61 Å². The molecule has 0 saturated heterocycles. The first-order valence-electron chi connectivity index (χ1n) is 4.58. The zero-order valence-electron chi connectivity index (χ0n) is 8.71. The molecule has 0 fully saturated rings. The van der Waals surface area contributed by atoms with Crippen molar-refractivity contribution in [2.24, 2.45) is 0 Å². The first-order chi connectivity index (χ1) is 8.11. The molecule has 0 aromatic carbocycles. The number of hydrogen-bond acceptors (Lipinski definition) is 4. The highest BCUT2D eigenvalue weighted by Crippen LogP contribution is 2.29. The van der Waals surface area contributed by atoms with Gasteiger partial charge in [-0.3, -0.25) is 0 Å². The Hall–Kier alpha value is -0.430. The lowest BCUT2D eigenvalue weighted by Crippen LogP contribution is -1.99. The molecule has 2 aromatic heterocycles. The molecule has 0 spiro atoms. The van der Waals surface area contributed by atoms with Crippen LogP contribution in [0.5, 0.6) is 0 Å². The smallest absolute Gasteiger partial charge is 0.197 e. The number of nitrogens with zero attached hydrogens (tertiary/aromatic N) is 2. The molecule has 0 amide bonds. The highest BCUT2D eigenvalue weighted by atomic mass is 79.9. The summed E-state index contributed by atoms with van der Waals surface area (Å²) in [6.45, 7) is 0.345. The van der Waals surface area contributed by atoms with Crippen LogP contribution in [-0.2, 0) is 11.3 Å². The maximum atomic E-state index is 6.00. The normalized spacial score (nSPS) is 10.8. The number of rotatable bonds is 3. The van der Waals surface area contributed by atoms with Gasteiger partial charge in [0, 0.05) is 7.11 Å².